The van der Waals surface area contributed by atoms with Gasteiger partial charge >= 0.3 is 0 Å². The van der Waals surface area contributed by atoms with E-state index in [0.29, 0.717) is 5.92 Å². The van der Waals surface area contributed by atoms with Gasteiger partial charge in [-0.3, -0.25) is 0 Å². The standard InChI is InChI=1S/C13H18N2/c1-4-15-12-8-6-5-7-11(12)14-13(15)9-10(2)3/h5-8,10H,4,9H2,1-3H3. The molecule has 0 spiro atoms. The SMILES string of the molecule is CCn1c(CC(C)C)nc2ccccc21. The molecular weight excluding hydrogens is 184 g/mol. The van der Waals surface area contributed by atoms with E-state index in [4.69, 9.17) is 0 Å². The molecule has 1 aromatic heterocycles. The fraction of sp³-hybridized carbons (Fsp3) is 0.462. The van der Waals surface area contributed by atoms with Gasteiger partial charge in [0.15, 0.2) is 0 Å². The van der Waals surface area contributed by atoms with Crippen molar-refractivity contribution < 1.29 is 0 Å². The first-order valence-electron chi connectivity index (χ1n) is 5.66. The number of nitrogens with zero attached hydrogens (tertiary/aromatic N) is 2. The normalized spacial score (nSPS) is 11.5. The second-order valence-corrected chi connectivity index (χ2v) is 4.36. The highest BCUT2D eigenvalue weighted by atomic mass is 15.1. The van der Waals surface area contributed by atoms with E-state index in [2.05, 4.69) is 54.6 Å². The number of imidazole rings is 1. The lowest BCUT2D eigenvalue weighted by molar-refractivity contribution is 0.590. The first-order valence-corrected chi connectivity index (χ1v) is 5.66. The van der Waals surface area contributed by atoms with Gasteiger partial charge in [0.05, 0.1) is 11.0 Å². The molecule has 2 rings (SSSR count). The third-order valence-electron chi connectivity index (χ3n) is 2.64. The second-order valence-electron chi connectivity index (χ2n) is 4.36. The Labute approximate surface area is 90.9 Å². The molecule has 15 heavy (non-hydrogen) atoms. The fourth-order valence-corrected chi connectivity index (χ4v) is 2.00. The van der Waals surface area contributed by atoms with Gasteiger partial charge in [-0.15, -0.1) is 0 Å². The van der Waals surface area contributed by atoms with Gasteiger partial charge in [0.1, 0.15) is 5.82 Å². The summed E-state index contributed by atoms with van der Waals surface area (Å²) in [6, 6.07) is 8.37. The minimum atomic E-state index is 0.659. The number of hydrogen-bond acceptors (Lipinski definition) is 1. The largest absolute Gasteiger partial charge is 0.328 e. The molecule has 0 atom stereocenters. The Bertz CT molecular complexity index is 455. The third-order valence-corrected chi connectivity index (χ3v) is 2.64. The Balaban J connectivity index is 2.54. The summed E-state index contributed by atoms with van der Waals surface area (Å²) in [7, 11) is 0. The number of hydrogen-bond donors (Lipinski definition) is 0. The van der Waals surface area contributed by atoms with Crippen LogP contribution in [0.1, 0.15) is 26.6 Å². The molecule has 0 aliphatic rings. The summed E-state index contributed by atoms with van der Waals surface area (Å²) in [6.07, 6.45) is 1.06. The maximum atomic E-state index is 4.69. The van der Waals surface area contributed by atoms with E-state index in [1.54, 1.807) is 0 Å². The zero-order valence-electron chi connectivity index (χ0n) is 9.70. The summed E-state index contributed by atoms with van der Waals surface area (Å²) >= 11 is 0. The number of rotatable bonds is 3. The van der Waals surface area contributed by atoms with E-state index in [1.807, 2.05) is 0 Å². The molecule has 2 nitrogen and oxygen atoms in total. The minimum absolute atomic E-state index is 0.659. The van der Waals surface area contributed by atoms with Gasteiger partial charge in [-0.05, 0) is 25.0 Å². The lowest BCUT2D eigenvalue weighted by Crippen LogP contribution is -2.05. The molecule has 0 aliphatic carbocycles. The van der Waals surface area contributed by atoms with E-state index >= 15 is 0 Å². The van der Waals surface area contributed by atoms with Crippen LogP contribution in [0.3, 0.4) is 0 Å². The number of fused-ring (bicyclic) bond motifs is 1. The molecule has 80 valence electrons. The van der Waals surface area contributed by atoms with Crippen LogP contribution in [0, 0.1) is 5.92 Å². The topological polar surface area (TPSA) is 17.8 Å². The van der Waals surface area contributed by atoms with Gasteiger partial charge in [-0.1, -0.05) is 26.0 Å². The maximum Gasteiger partial charge on any atom is 0.110 e. The first-order chi connectivity index (χ1) is 7.22. The van der Waals surface area contributed by atoms with Gasteiger partial charge in [-0.2, -0.15) is 0 Å². The third kappa shape index (κ3) is 1.89. The highest BCUT2D eigenvalue weighted by Gasteiger charge is 2.09. The van der Waals surface area contributed by atoms with Crippen molar-refractivity contribution >= 4 is 11.0 Å². The number of aromatic nitrogens is 2. The highest BCUT2D eigenvalue weighted by molar-refractivity contribution is 5.75. The Morgan fingerprint density at radius 3 is 2.67 bits per heavy atom. The van der Waals surface area contributed by atoms with Crippen LogP contribution in [0.15, 0.2) is 24.3 Å². The van der Waals surface area contributed by atoms with Crippen LogP contribution in [0.2, 0.25) is 0 Å². The quantitative estimate of drug-likeness (QED) is 0.747. The molecule has 0 aliphatic heterocycles. The monoisotopic (exact) mass is 202 g/mol. The minimum Gasteiger partial charge on any atom is -0.328 e. The lowest BCUT2D eigenvalue weighted by atomic mass is 10.1. The van der Waals surface area contributed by atoms with Gasteiger partial charge in [0.2, 0.25) is 0 Å². The van der Waals surface area contributed by atoms with E-state index in [0.717, 1.165) is 18.5 Å². The molecule has 0 saturated heterocycles. The van der Waals surface area contributed by atoms with E-state index in [1.165, 1.54) is 11.3 Å². The molecule has 0 unspecified atom stereocenters. The van der Waals surface area contributed by atoms with Crippen molar-refractivity contribution in [3.8, 4) is 0 Å². The van der Waals surface area contributed by atoms with Crippen molar-refractivity contribution in [3.05, 3.63) is 30.1 Å². The van der Waals surface area contributed by atoms with Crippen molar-refractivity contribution in [2.75, 3.05) is 0 Å². The fourth-order valence-electron chi connectivity index (χ4n) is 2.00. The van der Waals surface area contributed by atoms with Crippen LogP contribution in [-0.2, 0) is 13.0 Å². The van der Waals surface area contributed by atoms with Gasteiger partial charge < -0.3 is 4.57 Å². The molecule has 2 aromatic rings. The van der Waals surface area contributed by atoms with Crippen molar-refractivity contribution in [2.45, 2.75) is 33.7 Å². The lowest BCUT2D eigenvalue weighted by Gasteiger charge is -2.07. The van der Waals surface area contributed by atoms with Crippen molar-refractivity contribution in [1.29, 1.82) is 0 Å². The van der Waals surface area contributed by atoms with Crippen LogP contribution >= 0.6 is 0 Å². The van der Waals surface area contributed by atoms with E-state index < -0.39 is 0 Å². The summed E-state index contributed by atoms with van der Waals surface area (Å²) in [5.74, 6) is 1.88. The molecule has 1 aromatic carbocycles. The molecule has 0 N–H and O–H groups in total. The summed E-state index contributed by atoms with van der Waals surface area (Å²) in [6.45, 7) is 7.65. The van der Waals surface area contributed by atoms with Crippen molar-refractivity contribution in [2.24, 2.45) is 5.92 Å². The second kappa shape index (κ2) is 4.05. The van der Waals surface area contributed by atoms with Gasteiger partial charge in [0.25, 0.3) is 0 Å². The predicted octanol–water partition coefficient (Wildman–Crippen LogP) is 3.25. The average Bonchev–Trinajstić information content (AvgIpc) is 2.53. The first kappa shape index (κ1) is 10.2. The molecule has 1 heterocycles. The van der Waals surface area contributed by atoms with Crippen LogP contribution in [0.25, 0.3) is 11.0 Å². The smallest absolute Gasteiger partial charge is 0.110 e. The molecule has 0 amide bonds. The molecule has 0 bridgehead atoms. The molecule has 2 heteroatoms. The molecule has 0 saturated carbocycles. The van der Waals surface area contributed by atoms with Crippen LogP contribution < -0.4 is 0 Å². The molecular formula is C13H18N2. The van der Waals surface area contributed by atoms with E-state index in [9.17, 15) is 0 Å². The Morgan fingerprint density at radius 1 is 1.27 bits per heavy atom. The zero-order valence-corrected chi connectivity index (χ0v) is 9.70. The Hall–Kier alpha value is -1.31. The summed E-state index contributed by atoms with van der Waals surface area (Å²) < 4.78 is 2.31. The van der Waals surface area contributed by atoms with Gasteiger partial charge in [-0.25, -0.2) is 4.98 Å². The van der Waals surface area contributed by atoms with Crippen LogP contribution in [-0.4, -0.2) is 9.55 Å². The van der Waals surface area contributed by atoms with E-state index in [-0.39, 0.29) is 0 Å². The number of para-hydroxylation sites is 2. The number of aryl methyl sites for hydroxylation is 1. The van der Waals surface area contributed by atoms with Crippen molar-refractivity contribution in [3.63, 3.8) is 0 Å². The van der Waals surface area contributed by atoms with Crippen LogP contribution in [0.5, 0.6) is 0 Å². The highest BCUT2D eigenvalue weighted by Crippen LogP contribution is 2.17. The summed E-state index contributed by atoms with van der Waals surface area (Å²) in [5.41, 5.74) is 2.38. The Kier molecular flexibility index (Phi) is 2.76. The van der Waals surface area contributed by atoms with Crippen molar-refractivity contribution in [1.82, 2.24) is 9.55 Å². The summed E-state index contributed by atoms with van der Waals surface area (Å²) in [4.78, 5) is 4.69. The molecule has 0 fully saturated rings. The zero-order chi connectivity index (χ0) is 10.8. The maximum absolute atomic E-state index is 4.69. The average molecular weight is 202 g/mol. The Morgan fingerprint density at radius 2 is 2.00 bits per heavy atom. The molecule has 0 radical (unpaired) electrons. The number of benzene rings is 1. The van der Waals surface area contributed by atoms with Crippen LogP contribution in [0.4, 0.5) is 0 Å². The van der Waals surface area contributed by atoms with Gasteiger partial charge in [0, 0.05) is 13.0 Å². The summed E-state index contributed by atoms with van der Waals surface area (Å²) in [5, 5.41) is 0. The predicted molar refractivity (Wildman–Crippen MR) is 63.9 cm³/mol.